The Morgan fingerprint density at radius 3 is 2.79 bits per heavy atom. The summed E-state index contributed by atoms with van der Waals surface area (Å²) in [5.74, 6) is -1.27. The number of esters is 1. The standard InChI is InChI=1S/C8H11NO5/c1-8(2)13-5-4(3-9-11)12-7(10)6(5)14-8/h4-6H,3H2,1-2H3/t4?,5-,6-/m0/s1. The number of carbonyl (C=O) groups is 1. The number of cyclic esters (lactones) is 1. The van der Waals surface area contributed by atoms with Gasteiger partial charge in [0.15, 0.2) is 18.0 Å². The maximum Gasteiger partial charge on any atom is 0.338 e. The van der Waals surface area contributed by atoms with Crippen LogP contribution in [0.5, 0.6) is 0 Å². The molecule has 14 heavy (non-hydrogen) atoms. The van der Waals surface area contributed by atoms with Gasteiger partial charge in [-0.25, -0.2) is 4.79 Å². The summed E-state index contributed by atoms with van der Waals surface area (Å²) in [4.78, 5) is 21.3. The number of hydrogen-bond donors (Lipinski definition) is 0. The van der Waals surface area contributed by atoms with E-state index >= 15 is 0 Å². The van der Waals surface area contributed by atoms with Gasteiger partial charge in [-0.05, 0) is 13.8 Å². The second-order valence-electron chi connectivity index (χ2n) is 3.81. The lowest BCUT2D eigenvalue weighted by Crippen LogP contribution is -2.31. The number of hydrogen-bond acceptors (Lipinski definition) is 6. The first-order valence-corrected chi connectivity index (χ1v) is 4.39. The van der Waals surface area contributed by atoms with Crippen LogP contribution in [0.2, 0.25) is 0 Å². The van der Waals surface area contributed by atoms with Crippen LogP contribution in [0.4, 0.5) is 0 Å². The van der Waals surface area contributed by atoms with Crippen molar-refractivity contribution in [2.45, 2.75) is 37.9 Å². The minimum atomic E-state index is -0.796. The van der Waals surface area contributed by atoms with E-state index in [1.807, 2.05) is 0 Å². The summed E-state index contributed by atoms with van der Waals surface area (Å²) in [5, 5.41) is 2.70. The van der Waals surface area contributed by atoms with Crippen LogP contribution in [0.3, 0.4) is 0 Å². The Hall–Kier alpha value is -1.01. The second-order valence-corrected chi connectivity index (χ2v) is 3.81. The van der Waals surface area contributed by atoms with Crippen LogP contribution in [0.25, 0.3) is 0 Å². The molecular weight excluding hydrogens is 190 g/mol. The predicted molar refractivity (Wildman–Crippen MR) is 44.4 cm³/mol. The number of nitroso groups, excluding NO2 is 1. The molecule has 2 aliphatic heterocycles. The van der Waals surface area contributed by atoms with Gasteiger partial charge < -0.3 is 14.2 Å². The van der Waals surface area contributed by atoms with Crippen LogP contribution < -0.4 is 0 Å². The molecule has 0 bridgehead atoms. The van der Waals surface area contributed by atoms with Crippen molar-refractivity contribution >= 4 is 5.97 Å². The van der Waals surface area contributed by atoms with Crippen LogP contribution in [-0.4, -0.2) is 36.6 Å². The van der Waals surface area contributed by atoms with Crippen LogP contribution in [0.1, 0.15) is 13.8 Å². The third-order valence-electron chi connectivity index (χ3n) is 2.25. The van der Waals surface area contributed by atoms with Crippen molar-refractivity contribution in [1.82, 2.24) is 0 Å². The summed E-state index contributed by atoms with van der Waals surface area (Å²) < 4.78 is 15.6. The van der Waals surface area contributed by atoms with Gasteiger partial charge in [-0.2, -0.15) is 4.91 Å². The van der Waals surface area contributed by atoms with E-state index in [0.717, 1.165) is 0 Å². The molecule has 6 heteroatoms. The van der Waals surface area contributed by atoms with E-state index in [1.54, 1.807) is 13.8 Å². The third-order valence-corrected chi connectivity index (χ3v) is 2.25. The monoisotopic (exact) mass is 201 g/mol. The molecule has 0 spiro atoms. The van der Waals surface area contributed by atoms with E-state index in [2.05, 4.69) is 5.18 Å². The van der Waals surface area contributed by atoms with E-state index < -0.39 is 30.1 Å². The highest BCUT2D eigenvalue weighted by Crippen LogP contribution is 2.35. The number of rotatable bonds is 2. The first kappa shape index (κ1) is 9.54. The van der Waals surface area contributed by atoms with Crippen LogP contribution in [-0.2, 0) is 19.0 Å². The fourth-order valence-corrected chi connectivity index (χ4v) is 1.74. The molecule has 1 unspecified atom stereocenters. The largest absolute Gasteiger partial charge is 0.455 e. The molecule has 2 aliphatic rings. The van der Waals surface area contributed by atoms with Crippen molar-refractivity contribution in [3.8, 4) is 0 Å². The van der Waals surface area contributed by atoms with E-state index in [4.69, 9.17) is 14.2 Å². The molecule has 6 nitrogen and oxygen atoms in total. The zero-order valence-corrected chi connectivity index (χ0v) is 7.93. The smallest absolute Gasteiger partial charge is 0.338 e. The van der Waals surface area contributed by atoms with Crippen molar-refractivity contribution in [2.24, 2.45) is 5.18 Å². The fourth-order valence-electron chi connectivity index (χ4n) is 1.74. The Morgan fingerprint density at radius 1 is 1.43 bits per heavy atom. The van der Waals surface area contributed by atoms with Gasteiger partial charge in [-0.15, -0.1) is 0 Å². The molecule has 78 valence electrons. The van der Waals surface area contributed by atoms with E-state index in [9.17, 15) is 9.70 Å². The van der Waals surface area contributed by atoms with Gasteiger partial charge >= 0.3 is 5.97 Å². The zero-order chi connectivity index (χ0) is 10.3. The number of fused-ring (bicyclic) bond motifs is 1. The van der Waals surface area contributed by atoms with Gasteiger partial charge in [0.2, 0.25) is 0 Å². The molecule has 0 aliphatic carbocycles. The van der Waals surface area contributed by atoms with Crippen LogP contribution in [0.15, 0.2) is 5.18 Å². The van der Waals surface area contributed by atoms with E-state index in [-0.39, 0.29) is 6.54 Å². The highest BCUT2D eigenvalue weighted by Gasteiger charge is 2.55. The van der Waals surface area contributed by atoms with Crippen LogP contribution in [0, 0.1) is 4.91 Å². The SMILES string of the molecule is CC1(C)O[C@@H]2C(=O)OC(CN=O)[C@@H]2O1. The van der Waals surface area contributed by atoms with E-state index in [1.165, 1.54) is 0 Å². The molecule has 2 rings (SSSR count). The lowest BCUT2D eigenvalue weighted by atomic mass is 10.1. The minimum Gasteiger partial charge on any atom is -0.455 e. The maximum absolute atomic E-state index is 11.3. The molecule has 0 radical (unpaired) electrons. The first-order valence-electron chi connectivity index (χ1n) is 4.39. The van der Waals surface area contributed by atoms with Crippen molar-refractivity contribution in [3.05, 3.63) is 4.91 Å². The van der Waals surface area contributed by atoms with Gasteiger partial charge in [0.25, 0.3) is 0 Å². The second kappa shape index (κ2) is 2.99. The van der Waals surface area contributed by atoms with Gasteiger partial charge in [0.05, 0.1) is 0 Å². The molecule has 2 saturated heterocycles. The summed E-state index contributed by atoms with van der Waals surface area (Å²) in [6.07, 6.45) is -1.82. The molecule has 0 saturated carbocycles. The number of ether oxygens (including phenoxy) is 3. The molecule has 0 N–H and O–H groups in total. The predicted octanol–water partition coefficient (Wildman–Crippen LogP) is 0.198. The summed E-state index contributed by atoms with van der Waals surface area (Å²) in [7, 11) is 0. The summed E-state index contributed by atoms with van der Waals surface area (Å²) >= 11 is 0. The minimum absolute atomic E-state index is 0.0909. The van der Waals surface area contributed by atoms with Gasteiger partial charge in [-0.1, -0.05) is 5.18 Å². The Bertz CT molecular complexity index is 277. The number of nitrogens with zero attached hydrogens (tertiary/aromatic N) is 1. The quantitative estimate of drug-likeness (QED) is 0.471. The lowest BCUT2D eigenvalue weighted by molar-refractivity contribution is -0.185. The van der Waals surface area contributed by atoms with Crippen molar-refractivity contribution in [2.75, 3.05) is 6.54 Å². The molecule has 2 heterocycles. The van der Waals surface area contributed by atoms with Crippen LogP contribution >= 0.6 is 0 Å². The highest BCUT2D eigenvalue weighted by atomic mass is 16.8. The summed E-state index contributed by atoms with van der Waals surface area (Å²) in [5.41, 5.74) is 0. The number of carbonyl (C=O) groups excluding carboxylic acids is 1. The molecular formula is C8H11NO5. The summed E-state index contributed by atoms with van der Waals surface area (Å²) in [6, 6.07) is 0. The normalized spacial score (nSPS) is 39.3. The van der Waals surface area contributed by atoms with E-state index in [0.29, 0.717) is 0 Å². The summed E-state index contributed by atoms with van der Waals surface area (Å²) in [6.45, 7) is 3.33. The third kappa shape index (κ3) is 1.40. The van der Waals surface area contributed by atoms with Crippen molar-refractivity contribution < 1.29 is 19.0 Å². The molecule has 0 amide bonds. The van der Waals surface area contributed by atoms with Crippen molar-refractivity contribution in [3.63, 3.8) is 0 Å². The van der Waals surface area contributed by atoms with Gasteiger partial charge in [0.1, 0.15) is 12.6 Å². The molecule has 3 atom stereocenters. The fraction of sp³-hybridized carbons (Fsp3) is 0.875. The Labute approximate surface area is 80.5 Å². The Kier molecular flexibility index (Phi) is 2.04. The van der Waals surface area contributed by atoms with Gasteiger partial charge in [-0.3, -0.25) is 0 Å². The Morgan fingerprint density at radius 2 is 2.14 bits per heavy atom. The molecule has 2 fully saturated rings. The first-order chi connectivity index (χ1) is 6.53. The highest BCUT2D eigenvalue weighted by molar-refractivity contribution is 5.78. The average Bonchev–Trinajstić information content (AvgIpc) is 2.51. The van der Waals surface area contributed by atoms with Gasteiger partial charge in [0, 0.05) is 0 Å². The maximum atomic E-state index is 11.3. The topological polar surface area (TPSA) is 74.2 Å². The molecule has 0 aromatic rings. The zero-order valence-electron chi connectivity index (χ0n) is 7.93. The Balaban J connectivity index is 2.14. The van der Waals surface area contributed by atoms with Crippen molar-refractivity contribution in [1.29, 1.82) is 0 Å². The lowest BCUT2D eigenvalue weighted by Gasteiger charge is -2.20. The average molecular weight is 201 g/mol. The molecule has 0 aromatic carbocycles. The molecule has 0 aromatic heterocycles.